The van der Waals surface area contributed by atoms with Crippen molar-refractivity contribution in [1.82, 2.24) is 9.78 Å². The zero-order valence-corrected chi connectivity index (χ0v) is 15.6. The summed E-state index contributed by atoms with van der Waals surface area (Å²) in [5.41, 5.74) is 4.98. The van der Waals surface area contributed by atoms with E-state index in [9.17, 15) is 4.79 Å². The topological polar surface area (TPSA) is 56.1 Å². The summed E-state index contributed by atoms with van der Waals surface area (Å²) in [4.78, 5) is 13.0. The molecule has 0 radical (unpaired) electrons. The van der Waals surface area contributed by atoms with E-state index < -0.39 is 0 Å². The first-order chi connectivity index (χ1) is 11.9. The number of ether oxygens (including phenoxy) is 1. The van der Waals surface area contributed by atoms with E-state index in [2.05, 4.69) is 16.5 Å². The smallest absolute Gasteiger partial charge is 0.265 e. The highest BCUT2D eigenvalue weighted by molar-refractivity contribution is 7.12. The van der Waals surface area contributed by atoms with E-state index in [1.54, 1.807) is 10.9 Å². The molecule has 3 rings (SSSR count). The fraction of sp³-hybridized carbons (Fsp3) is 0.263. The maximum absolute atomic E-state index is 12.4. The summed E-state index contributed by atoms with van der Waals surface area (Å²) in [6, 6.07) is 8.00. The average Bonchev–Trinajstić information content (AvgIpc) is 3.14. The minimum atomic E-state index is -0.126. The molecule has 1 amide bonds. The summed E-state index contributed by atoms with van der Waals surface area (Å²) in [6.45, 7) is 6.46. The van der Waals surface area contributed by atoms with Crippen LogP contribution in [0.15, 0.2) is 35.8 Å². The van der Waals surface area contributed by atoms with Crippen molar-refractivity contribution in [2.75, 3.05) is 5.32 Å². The first kappa shape index (κ1) is 17.2. The van der Waals surface area contributed by atoms with Gasteiger partial charge in [0.05, 0.1) is 22.5 Å². The van der Waals surface area contributed by atoms with E-state index in [4.69, 9.17) is 4.74 Å². The lowest BCUT2D eigenvalue weighted by Crippen LogP contribution is -2.10. The first-order valence-corrected chi connectivity index (χ1v) is 8.89. The molecule has 0 aliphatic heterocycles. The van der Waals surface area contributed by atoms with Crippen molar-refractivity contribution >= 4 is 22.9 Å². The molecule has 0 unspecified atom stereocenters. The van der Waals surface area contributed by atoms with E-state index in [0.29, 0.717) is 11.5 Å². The molecule has 0 bridgehead atoms. The van der Waals surface area contributed by atoms with Crippen molar-refractivity contribution in [2.24, 2.45) is 7.05 Å². The second-order valence-electron chi connectivity index (χ2n) is 6.15. The van der Waals surface area contributed by atoms with Crippen LogP contribution in [0, 0.1) is 20.8 Å². The van der Waals surface area contributed by atoms with E-state index in [1.165, 1.54) is 22.5 Å². The van der Waals surface area contributed by atoms with Gasteiger partial charge in [0.15, 0.2) is 0 Å². The van der Waals surface area contributed by atoms with E-state index in [-0.39, 0.29) is 5.91 Å². The van der Waals surface area contributed by atoms with Gasteiger partial charge < -0.3 is 10.1 Å². The lowest BCUT2D eigenvalue weighted by Gasteiger charge is -2.07. The molecule has 1 aromatic carbocycles. The number of aromatic nitrogens is 2. The van der Waals surface area contributed by atoms with Gasteiger partial charge in [-0.15, -0.1) is 11.3 Å². The zero-order valence-electron chi connectivity index (χ0n) is 14.8. The SMILES string of the molecule is Cc1cc(C)cc(OCc2csc(C(=O)Nc3cnn(C)c3C)c2)c1. The number of thiophene rings is 1. The van der Waals surface area contributed by atoms with E-state index >= 15 is 0 Å². The molecule has 2 heterocycles. The summed E-state index contributed by atoms with van der Waals surface area (Å²) >= 11 is 1.41. The molecular formula is C19H21N3O2S. The van der Waals surface area contributed by atoms with Crippen molar-refractivity contribution in [3.63, 3.8) is 0 Å². The van der Waals surface area contributed by atoms with Crippen molar-refractivity contribution in [3.8, 4) is 5.75 Å². The summed E-state index contributed by atoms with van der Waals surface area (Å²) in [6.07, 6.45) is 1.66. The Morgan fingerprint density at radius 1 is 1.20 bits per heavy atom. The molecule has 0 atom stereocenters. The van der Waals surface area contributed by atoms with Crippen molar-refractivity contribution in [1.29, 1.82) is 0 Å². The molecule has 6 heteroatoms. The Bertz CT molecular complexity index is 891. The Balaban J connectivity index is 1.63. The standard InChI is InChI=1S/C19H21N3O2S/c1-12-5-13(2)7-16(6-12)24-10-15-8-18(25-11-15)19(23)21-17-9-20-22(4)14(17)3/h5-9,11H,10H2,1-4H3,(H,21,23). The number of nitrogens with one attached hydrogen (secondary N) is 1. The van der Waals surface area contributed by atoms with Gasteiger partial charge in [0, 0.05) is 12.6 Å². The lowest BCUT2D eigenvalue weighted by molar-refractivity contribution is 0.103. The Morgan fingerprint density at radius 2 is 1.92 bits per heavy atom. The van der Waals surface area contributed by atoms with Gasteiger partial charge in [0.25, 0.3) is 5.91 Å². The molecule has 2 aromatic heterocycles. The molecule has 0 spiro atoms. The summed E-state index contributed by atoms with van der Waals surface area (Å²) in [5, 5.41) is 8.98. The van der Waals surface area contributed by atoms with Gasteiger partial charge >= 0.3 is 0 Å². The monoisotopic (exact) mass is 355 g/mol. The van der Waals surface area contributed by atoms with Crippen molar-refractivity contribution < 1.29 is 9.53 Å². The van der Waals surface area contributed by atoms with Crippen LogP contribution >= 0.6 is 11.3 Å². The van der Waals surface area contributed by atoms with Crippen LogP contribution < -0.4 is 10.1 Å². The third kappa shape index (κ3) is 4.09. The van der Waals surface area contributed by atoms with Gasteiger partial charge in [0.1, 0.15) is 12.4 Å². The second kappa shape index (κ2) is 7.11. The Morgan fingerprint density at radius 3 is 2.56 bits per heavy atom. The number of carbonyl (C=O) groups is 1. The first-order valence-electron chi connectivity index (χ1n) is 8.01. The van der Waals surface area contributed by atoms with Crippen LogP contribution in [0.25, 0.3) is 0 Å². The Kier molecular flexibility index (Phi) is 4.90. The van der Waals surface area contributed by atoms with E-state index in [1.807, 2.05) is 51.4 Å². The highest BCUT2D eigenvalue weighted by Gasteiger charge is 2.13. The average molecular weight is 355 g/mol. The minimum Gasteiger partial charge on any atom is -0.489 e. The van der Waals surface area contributed by atoms with Crippen LogP contribution in [-0.2, 0) is 13.7 Å². The maximum Gasteiger partial charge on any atom is 0.265 e. The fourth-order valence-electron chi connectivity index (χ4n) is 2.56. The number of hydrogen-bond donors (Lipinski definition) is 1. The number of anilines is 1. The van der Waals surface area contributed by atoms with Crippen LogP contribution in [0.1, 0.15) is 32.1 Å². The van der Waals surface area contributed by atoms with Crippen LogP contribution in [0.2, 0.25) is 0 Å². The number of benzene rings is 1. The molecule has 5 nitrogen and oxygen atoms in total. The molecule has 0 aliphatic rings. The Labute approximate surface area is 151 Å². The predicted molar refractivity (Wildman–Crippen MR) is 100 cm³/mol. The predicted octanol–water partition coefficient (Wildman–Crippen LogP) is 4.24. The molecule has 0 saturated heterocycles. The Hall–Kier alpha value is -2.60. The van der Waals surface area contributed by atoms with Crippen molar-refractivity contribution in [2.45, 2.75) is 27.4 Å². The number of amides is 1. The van der Waals surface area contributed by atoms with Gasteiger partial charge in [-0.25, -0.2) is 0 Å². The van der Waals surface area contributed by atoms with Crippen LogP contribution in [-0.4, -0.2) is 15.7 Å². The molecular weight excluding hydrogens is 334 g/mol. The largest absolute Gasteiger partial charge is 0.489 e. The summed E-state index contributed by atoms with van der Waals surface area (Å²) < 4.78 is 7.58. The van der Waals surface area contributed by atoms with Gasteiger partial charge in [0.2, 0.25) is 0 Å². The summed E-state index contributed by atoms with van der Waals surface area (Å²) in [7, 11) is 1.85. The zero-order chi connectivity index (χ0) is 18.0. The number of nitrogens with zero attached hydrogens (tertiary/aromatic N) is 2. The number of hydrogen-bond acceptors (Lipinski definition) is 4. The van der Waals surface area contributed by atoms with E-state index in [0.717, 1.165) is 22.7 Å². The van der Waals surface area contributed by atoms with Crippen LogP contribution in [0.4, 0.5) is 5.69 Å². The highest BCUT2D eigenvalue weighted by Crippen LogP contribution is 2.21. The molecule has 0 aliphatic carbocycles. The molecule has 0 fully saturated rings. The number of rotatable bonds is 5. The van der Waals surface area contributed by atoms with Gasteiger partial charge in [-0.1, -0.05) is 6.07 Å². The number of carbonyl (C=O) groups excluding carboxylic acids is 1. The normalized spacial score (nSPS) is 10.7. The van der Waals surface area contributed by atoms with Gasteiger partial charge in [-0.05, 0) is 55.5 Å². The lowest BCUT2D eigenvalue weighted by atomic mass is 10.1. The molecule has 3 aromatic rings. The quantitative estimate of drug-likeness (QED) is 0.745. The maximum atomic E-state index is 12.4. The summed E-state index contributed by atoms with van der Waals surface area (Å²) in [5.74, 6) is 0.722. The highest BCUT2D eigenvalue weighted by atomic mass is 32.1. The molecule has 0 saturated carbocycles. The second-order valence-corrected chi connectivity index (χ2v) is 7.06. The number of aryl methyl sites for hydroxylation is 3. The third-order valence-corrected chi connectivity index (χ3v) is 4.94. The van der Waals surface area contributed by atoms with Gasteiger partial charge in [-0.2, -0.15) is 5.10 Å². The third-order valence-electron chi connectivity index (χ3n) is 3.96. The fourth-order valence-corrected chi connectivity index (χ4v) is 3.35. The molecule has 130 valence electrons. The van der Waals surface area contributed by atoms with Crippen LogP contribution in [0.5, 0.6) is 5.75 Å². The van der Waals surface area contributed by atoms with Crippen molar-refractivity contribution in [3.05, 3.63) is 63.1 Å². The molecule has 1 N–H and O–H groups in total. The minimum absolute atomic E-state index is 0.126. The van der Waals surface area contributed by atoms with Crippen LogP contribution in [0.3, 0.4) is 0 Å². The van der Waals surface area contributed by atoms with Gasteiger partial charge in [-0.3, -0.25) is 9.48 Å². The molecule has 25 heavy (non-hydrogen) atoms.